The predicted octanol–water partition coefficient (Wildman–Crippen LogP) is 5.86. The van der Waals surface area contributed by atoms with E-state index in [0.29, 0.717) is 25.3 Å². The molecule has 0 bridgehead atoms. The molecule has 178 valence electrons. The summed E-state index contributed by atoms with van der Waals surface area (Å²) >= 11 is 0. The number of phenols is 1. The zero-order valence-corrected chi connectivity index (χ0v) is 19.5. The van der Waals surface area contributed by atoms with Gasteiger partial charge in [0.2, 0.25) is 0 Å². The van der Waals surface area contributed by atoms with Crippen LogP contribution in [0.25, 0.3) is 11.4 Å². The minimum absolute atomic E-state index is 0.00838. The van der Waals surface area contributed by atoms with E-state index >= 15 is 0 Å². The monoisotopic (exact) mass is 467 g/mol. The summed E-state index contributed by atoms with van der Waals surface area (Å²) in [5.41, 5.74) is 2.97. The van der Waals surface area contributed by atoms with Gasteiger partial charge in [-0.2, -0.15) is 0 Å². The van der Waals surface area contributed by atoms with Crippen LogP contribution in [0.1, 0.15) is 35.9 Å². The van der Waals surface area contributed by atoms with Crippen molar-refractivity contribution in [3.8, 4) is 17.1 Å². The Hall–Kier alpha value is -4.06. The molecule has 1 fully saturated rings. The van der Waals surface area contributed by atoms with E-state index in [-0.39, 0.29) is 23.8 Å². The number of carbonyl (C=O) groups is 1. The highest BCUT2D eigenvalue weighted by Crippen LogP contribution is 2.32. The molecule has 1 aliphatic heterocycles. The molecule has 3 aromatic carbocycles. The average Bonchev–Trinajstić information content (AvgIpc) is 3.40. The van der Waals surface area contributed by atoms with Crippen molar-refractivity contribution < 1.29 is 14.6 Å². The SMILES string of the molecule is O=C(OCC(c1ccccc1)c1ccccc1)N1CCC(n2ccnc2-c2ccccc2O)CC1. The molecule has 1 saturated heterocycles. The number of carbonyl (C=O) groups excluding carboxylic acids is 1. The fraction of sp³-hybridized carbons (Fsp3) is 0.241. The lowest BCUT2D eigenvalue weighted by Crippen LogP contribution is -2.39. The van der Waals surface area contributed by atoms with E-state index in [1.165, 1.54) is 0 Å². The number of amides is 1. The summed E-state index contributed by atoms with van der Waals surface area (Å²) in [6.07, 6.45) is 5.03. The third-order valence-electron chi connectivity index (χ3n) is 6.71. The summed E-state index contributed by atoms with van der Waals surface area (Å²) in [5, 5.41) is 10.3. The van der Waals surface area contributed by atoms with Gasteiger partial charge in [0.25, 0.3) is 0 Å². The molecular weight excluding hydrogens is 438 g/mol. The first kappa shape index (κ1) is 22.7. The first-order valence-corrected chi connectivity index (χ1v) is 12.0. The molecule has 6 heteroatoms. The normalized spacial score (nSPS) is 14.3. The maximum Gasteiger partial charge on any atom is 0.409 e. The van der Waals surface area contributed by atoms with Gasteiger partial charge in [0.05, 0.1) is 5.56 Å². The van der Waals surface area contributed by atoms with E-state index < -0.39 is 0 Å². The van der Waals surface area contributed by atoms with Crippen LogP contribution in [-0.4, -0.2) is 45.3 Å². The Morgan fingerprint density at radius 1 is 0.914 bits per heavy atom. The van der Waals surface area contributed by atoms with Crippen LogP contribution in [0.5, 0.6) is 5.75 Å². The fourth-order valence-corrected chi connectivity index (χ4v) is 4.81. The molecule has 0 radical (unpaired) electrons. The number of aromatic nitrogens is 2. The molecule has 1 amide bonds. The molecule has 1 aliphatic rings. The second kappa shape index (κ2) is 10.5. The zero-order chi connectivity index (χ0) is 24.0. The Kier molecular flexibility index (Phi) is 6.80. The summed E-state index contributed by atoms with van der Waals surface area (Å²) < 4.78 is 7.93. The number of imidazole rings is 1. The average molecular weight is 468 g/mol. The molecule has 2 heterocycles. The topological polar surface area (TPSA) is 67.6 Å². The molecule has 0 aliphatic carbocycles. The molecule has 0 unspecified atom stereocenters. The molecule has 6 nitrogen and oxygen atoms in total. The number of para-hydroxylation sites is 1. The number of aromatic hydroxyl groups is 1. The van der Waals surface area contributed by atoms with Crippen molar-refractivity contribution in [3.05, 3.63) is 108 Å². The van der Waals surface area contributed by atoms with Gasteiger partial charge in [-0.15, -0.1) is 0 Å². The summed E-state index contributed by atoms with van der Waals surface area (Å²) in [6, 6.07) is 27.8. The van der Waals surface area contributed by atoms with E-state index in [0.717, 1.165) is 29.8 Å². The van der Waals surface area contributed by atoms with E-state index in [1.807, 2.05) is 54.7 Å². The number of nitrogens with zero attached hydrogens (tertiary/aromatic N) is 3. The number of ether oxygens (including phenoxy) is 1. The van der Waals surface area contributed by atoms with Crippen LogP contribution in [0.3, 0.4) is 0 Å². The minimum atomic E-state index is -0.271. The number of likely N-dealkylation sites (tertiary alicyclic amines) is 1. The molecule has 0 saturated carbocycles. The van der Waals surface area contributed by atoms with Crippen LogP contribution in [-0.2, 0) is 4.74 Å². The molecule has 1 aromatic heterocycles. The zero-order valence-electron chi connectivity index (χ0n) is 19.5. The maximum absolute atomic E-state index is 12.9. The number of benzene rings is 3. The third kappa shape index (κ3) is 5.06. The quantitative estimate of drug-likeness (QED) is 0.386. The summed E-state index contributed by atoms with van der Waals surface area (Å²) in [7, 11) is 0. The first-order valence-electron chi connectivity index (χ1n) is 12.0. The lowest BCUT2D eigenvalue weighted by Gasteiger charge is -2.33. The van der Waals surface area contributed by atoms with Crippen molar-refractivity contribution in [1.82, 2.24) is 14.5 Å². The van der Waals surface area contributed by atoms with Crippen LogP contribution in [0, 0.1) is 0 Å². The Bertz CT molecular complexity index is 1210. The number of hydrogen-bond donors (Lipinski definition) is 1. The van der Waals surface area contributed by atoms with Gasteiger partial charge in [-0.3, -0.25) is 0 Å². The molecule has 0 spiro atoms. The van der Waals surface area contributed by atoms with Crippen molar-refractivity contribution >= 4 is 6.09 Å². The van der Waals surface area contributed by atoms with Gasteiger partial charge in [0.1, 0.15) is 18.2 Å². The van der Waals surface area contributed by atoms with Crippen LogP contribution in [0.2, 0.25) is 0 Å². The highest BCUT2D eigenvalue weighted by molar-refractivity contribution is 5.68. The molecule has 5 rings (SSSR count). The van der Waals surface area contributed by atoms with Crippen LogP contribution in [0.15, 0.2) is 97.3 Å². The van der Waals surface area contributed by atoms with Gasteiger partial charge in [-0.05, 0) is 36.1 Å². The van der Waals surface area contributed by atoms with Crippen molar-refractivity contribution in [2.45, 2.75) is 24.8 Å². The molecular formula is C29H29N3O3. The van der Waals surface area contributed by atoms with Gasteiger partial charge in [0, 0.05) is 37.4 Å². The van der Waals surface area contributed by atoms with E-state index in [2.05, 4.69) is 33.8 Å². The number of piperidine rings is 1. The second-order valence-electron chi connectivity index (χ2n) is 8.84. The van der Waals surface area contributed by atoms with Crippen molar-refractivity contribution in [2.24, 2.45) is 0 Å². The largest absolute Gasteiger partial charge is 0.507 e. The summed E-state index contributed by atoms with van der Waals surface area (Å²) in [6.45, 7) is 1.53. The maximum atomic E-state index is 12.9. The summed E-state index contributed by atoms with van der Waals surface area (Å²) in [5.74, 6) is 0.955. The summed E-state index contributed by atoms with van der Waals surface area (Å²) in [4.78, 5) is 19.2. The molecule has 35 heavy (non-hydrogen) atoms. The molecule has 1 N–H and O–H groups in total. The minimum Gasteiger partial charge on any atom is -0.507 e. The Morgan fingerprint density at radius 3 is 2.14 bits per heavy atom. The molecule has 4 aromatic rings. The number of phenolic OH excluding ortho intramolecular Hbond substituents is 1. The van der Waals surface area contributed by atoms with E-state index in [9.17, 15) is 9.90 Å². The lowest BCUT2D eigenvalue weighted by molar-refractivity contribution is 0.0862. The highest BCUT2D eigenvalue weighted by atomic mass is 16.6. The van der Waals surface area contributed by atoms with Gasteiger partial charge in [0.15, 0.2) is 0 Å². The smallest absolute Gasteiger partial charge is 0.409 e. The van der Waals surface area contributed by atoms with Gasteiger partial charge in [-0.1, -0.05) is 72.8 Å². The van der Waals surface area contributed by atoms with Gasteiger partial charge >= 0.3 is 6.09 Å². The van der Waals surface area contributed by atoms with Gasteiger partial charge in [-0.25, -0.2) is 9.78 Å². The first-order chi connectivity index (χ1) is 17.2. The third-order valence-corrected chi connectivity index (χ3v) is 6.71. The number of rotatable bonds is 6. The van der Waals surface area contributed by atoms with Crippen molar-refractivity contribution in [3.63, 3.8) is 0 Å². The molecule has 0 atom stereocenters. The fourth-order valence-electron chi connectivity index (χ4n) is 4.81. The van der Waals surface area contributed by atoms with Crippen LogP contribution >= 0.6 is 0 Å². The van der Waals surface area contributed by atoms with Crippen molar-refractivity contribution in [2.75, 3.05) is 19.7 Å². The van der Waals surface area contributed by atoms with E-state index in [4.69, 9.17) is 4.74 Å². The van der Waals surface area contributed by atoms with Gasteiger partial charge < -0.3 is 19.3 Å². The predicted molar refractivity (Wildman–Crippen MR) is 135 cm³/mol. The Balaban J connectivity index is 1.22. The highest BCUT2D eigenvalue weighted by Gasteiger charge is 2.27. The Labute approximate surface area is 205 Å². The van der Waals surface area contributed by atoms with Crippen LogP contribution < -0.4 is 0 Å². The standard InChI is InChI=1S/C29H29N3O3/c33-27-14-8-7-13-25(27)28-30-17-20-32(28)24-15-18-31(19-16-24)29(34)35-21-26(22-9-3-1-4-10-22)23-11-5-2-6-12-23/h1-14,17,20,24,26,33H,15-16,18-19,21H2. The van der Waals surface area contributed by atoms with Crippen molar-refractivity contribution in [1.29, 1.82) is 0 Å². The lowest BCUT2D eigenvalue weighted by atomic mass is 9.92. The number of hydrogen-bond acceptors (Lipinski definition) is 4. The Morgan fingerprint density at radius 2 is 1.51 bits per heavy atom. The second-order valence-corrected chi connectivity index (χ2v) is 8.84. The van der Waals surface area contributed by atoms with E-state index in [1.54, 1.807) is 23.2 Å². The van der Waals surface area contributed by atoms with Crippen LogP contribution in [0.4, 0.5) is 4.79 Å².